The molecule has 0 radical (unpaired) electrons. The van der Waals surface area contributed by atoms with Crippen LogP contribution in [0.25, 0.3) is 5.65 Å². The summed E-state index contributed by atoms with van der Waals surface area (Å²) in [5, 5.41) is 6.92. The Labute approximate surface area is 151 Å². The van der Waals surface area contributed by atoms with Gasteiger partial charge in [-0.1, -0.05) is 18.2 Å². The van der Waals surface area contributed by atoms with E-state index in [0.717, 1.165) is 16.1 Å². The number of nitrogens with one attached hydrogen (secondary N) is 1. The Balaban J connectivity index is 1.77. The monoisotopic (exact) mass is 373 g/mol. The number of nitrogens with zero attached hydrogens (tertiary/aromatic N) is 4. The zero-order chi connectivity index (χ0) is 18.7. The molecule has 2 heterocycles. The van der Waals surface area contributed by atoms with Crippen molar-refractivity contribution in [3.05, 3.63) is 60.6 Å². The van der Waals surface area contributed by atoms with Gasteiger partial charge in [-0.15, -0.1) is 0 Å². The van der Waals surface area contributed by atoms with Crippen molar-refractivity contribution < 1.29 is 13.2 Å². The first-order valence-electron chi connectivity index (χ1n) is 7.97. The minimum atomic E-state index is -3.63. The molecule has 136 valence electrons. The third-order valence-corrected chi connectivity index (χ3v) is 5.15. The number of rotatable bonds is 6. The van der Waals surface area contributed by atoms with E-state index in [0.29, 0.717) is 11.3 Å². The van der Waals surface area contributed by atoms with Gasteiger partial charge in [0.1, 0.15) is 6.04 Å². The number of hydrogen-bond donors (Lipinski definition) is 1. The van der Waals surface area contributed by atoms with Gasteiger partial charge in [-0.3, -0.25) is 9.10 Å². The van der Waals surface area contributed by atoms with Crippen molar-refractivity contribution in [2.24, 2.45) is 0 Å². The Morgan fingerprint density at radius 3 is 2.69 bits per heavy atom. The SMILES string of the molecule is CC(C(=O)NCc1cnn2cccnc12)N(c1ccccc1)S(C)(=O)=O. The molecule has 0 fully saturated rings. The molecule has 1 N–H and O–H groups in total. The van der Waals surface area contributed by atoms with Crippen molar-refractivity contribution in [3.63, 3.8) is 0 Å². The summed E-state index contributed by atoms with van der Waals surface area (Å²) in [6.07, 6.45) is 6.11. The van der Waals surface area contributed by atoms with E-state index in [1.54, 1.807) is 66.4 Å². The Kier molecular flexibility index (Phi) is 4.90. The molecule has 1 aromatic carbocycles. The lowest BCUT2D eigenvalue weighted by atomic mass is 10.2. The average molecular weight is 373 g/mol. The van der Waals surface area contributed by atoms with Gasteiger partial charge in [-0.05, 0) is 25.1 Å². The summed E-state index contributed by atoms with van der Waals surface area (Å²) in [5.74, 6) is -0.408. The first kappa shape index (κ1) is 17.9. The highest BCUT2D eigenvalue weighted by molar-refractivity contribution is 7.92. The molecule has 0 aliphatic rings. The van der Waals surface area contributed by atoms with E-state index in [1.807, 2.05) is 0 Å². The number of fused-ring (bicyclic) bond motifs is 1. The van der Waals surface area contributed by atoms with Crippen LogP contribution in [-0.4, -0.2) is 41.2 Å². The maximum absolute atomic E-state index is 12.6. The van der Waals surface area contributed by atoms with Gasteiger partial charge in [0.25, 0.3) is 0 Å². The highest BCUT2D eigenvalue weighted by Gasteiger charge is 2.28. The van der Waals surface area contributed by atoms with E-state index in [2.05, 4.69) is 15.4 Å². The molecule has 0 saturated carbocycles. The van der Waals surface area contributed by atoms with Crippen LogP contribution in [0.5, 0.6) is 0 Å². The number of hydrogen-bond acceptors (Lipinski definition) is 5. The van der Waals surface area contributed by atoms with Gasteiger partial charge in [0.05, 0.1) is 18.1 Å². The van der Waals surface area contributed by atoms with Gasteiger partial charge in [-0.25, -0.2) is 17.9 Å². The maximum atomic E-state index is 12.6. The van der Waals surface area contributed by atoms with Crippen LogP contribution in [0, 0.1) is 0 Å². The molecule has 1 atom stereocenters. The van der Waals surface area contributed by atoms with Crippen molar-refractivity contribution in [1.82, 2.24) is 19.9 Å². The standard InChI is InChI=1S/C17H19N5O3S/c1-13(22(26(2,24)25)15-7-4-3-5-8-15)17(23)19-11-14-12-20-21-10-6-9-18-16(14)21/h3-10,12-13H,11H2,1-2H3,(H,19,23). The lowest BCUT2D eigenvalue weighted by Gasteiger charge is -2.28. The molecular weight excluding hydrogens is 354 g/mol. The molecule has 26 heavy (non-hydrogen) atoms. The molecule has 0 bridgehead atoms. The van der Waals surface area contributed by atoms with Gasteiger partial charge >= 0.3 is 0 Å². The van der Waals surface area contributed by atoms with Crippen LogP contribution in [0.3, 0.4) is 0 Å². The fourth-order valence-electron chi connectivity index (χ4n) is 2.71. The second kappa shape index (κ2) is 7.12. The quantitative estimate of drug-likeness (QED) is 0.700. The van der Waals surface area contributed by atoms with Gasteiger partial charge in [0, 0.05) is 24.5 Å². The summed E-state index contributed by atoms with van der Waals surface area (Å²) in [5.41, 5.74) is 1.83. The lowest BCUT2D eigenvalue weighted by molar-refractivity contribution is -0.122. The van der Waals surface area contributed by atoms with Crippen LogP contribution in [0.1, 0.15) is 12.5 Å². The number of sulfonamides is 1. The van der Waals surface area contributed by atoms with Crippen molar-refractivity contribution >= 4 is 27.3 Å². The molecule has 0 saturated heterocycles. The lowest BCUT2D eigenvalue weighted by Crippen LogP contribution is -2.47. The Morgan fingerprint density at radius 1 is 1.27 bits per heavy atom. The summed E-state index contributed by atoms with van der Waals surface area (Å²) >= 11 is 0. The van der Waals surface area contributed by atoms with Crippen LogP contribution >= 0.6 is 0 Å². The molecule has 3 aromatic rings. The van der Waals surface area contributed by atoms with Gasteiger partial charge < -0.3 is 5.32 Å². The molecule has 0 spiro atoms. The van der Waals surface area contributed by atoms with Gasteiger partial charge in [-0.2, -0.15) is 5.10 Å². The van der Waals surface area contributed by atoms with Gasteiger partial charge in [0.15, 0.2) is 5.65 Å². The normalized spacial score (nSPS) is 12.7. The zero-order valence-corrected chi connectivity index (χ0v) is 15.2. The molecule has 0 aliphatic heterocycles. The van der Waals surface area contributed by atoms with Gasteiger partial charge in [0.2, 0.25) is 15.9 Å². The highest BCUT2D eigenvalue weighted by Crippen LogP contribution is 2.20. The van der Waals surface area contributed by atoms with E-state index in [-0.39, 0.29) is 6.54 Å². The van der Waals surface area contributed by atoms with Crippen LogP contribution in [0.2, 0.25) is 0 Å². The van der Waals surface area contributed by atoms with Crippen LogP contribution in [0.15, 0.2) is 55.0 Å². The number of carbonyl (C=O) groups is 1. The molecule has 2 aromatic heterocycles. The highest BCUT2D eigenvalue weighted by atomic mass is 32.2. The second-order valence-corrected chi connectivity index (χ2v) is 7.71. The molecule has 1 amide bonds. The fraction of sp³-hybridized carbons (Fsp3) is 0.235. The fourth-order valence-corrected chi connectivity index (χ4v) is 3.89. The predicted octanol–water partition coefficient (Wildman–Crippen LogP) is 1.20. The summed E-state index contributed by atoms with van der Waals surface area (Å²) in [7, 11) is -3.63. The summed E-state index contributed by atoms with van der Waals surface area (Å²) in [4.78, 5) is 16.8. The van der Waals surface area contributed by atoms with Crippen LogP contribution < -0.4 is 9.62 Å². The Morgan fingerprint density at radius 2 is 2.00 bits per heavy atom. The number of anilines is 1. The first-order chi connectivity index (χ1) is 12.4. The third kappa shape index (κ3) is 3.67. The summed E-state index contributed by atoms with van der Waals surface area (Å²) in [6.45, 7) is 1.76. The largest absolute Gasteiger partial charge is 0.350 e. The van der Waals surface area contributed by atoms with E-state index in [9.17, 15) is 13.2 Å². The van der Waals surface area contributed by atoms with Crippen molar-refractivity contribution in [1.29, 1.82) is 0 Å². The topological polar surface area (TPSA) is 96.7 Å². The van der Waals surface area contributed by atoms with E-state index < -0.39 is 22.0 Å². The molecular formula is C17H19N5O3S. The van der Waals surface area contributed by atoms with E-state index >= 15 is 0 Å². The summed E-state index contributed by atoms with van der Waals surface area (Å²) in [6, 6.07) is 9.40. The minimum Gasteiger partial charge on any atom is -0.350 e. The Hall–Kier alpha value is -2.94. The second-order valence-electron chi connectivity index (χ2n) is 5.85. The van der Waals surface area contributed by atoms with Crippen molar-refractivity contribution in [2.75, 3.05) is 10.6 Å². The van der Waals surface area contributed by atoms with Crippen LogP contribution in [0.4, 0.5) is 5.69 Å². The minimum absolute atomic E-state index is 0.204. The van der Waals surface area contributed by atoms with Crippen molar-refractivity contribution in [2.45, 2.75) is 19.5 Å². The smallest absolute Gasteiger partial charge is 0.243 e. The van der Waals surface area contributed by atoms with Crippen LogP contribution in [-0.2, 0) is 21.4 Å². The van der Waals surface area contributed by atoms with Crippen molar-refractivity contribution in [3.8, 4) is 0 Å². The van der Waals surface area contributed by atoms with E-state index in [4.69, 9.17) is 0 Å². The third-order valence-electron chi connectivity index (χ3n) is 3.90. The van der Waals surface area contributed by atoms with E-state index in [1.165, 1.54) is 0 Å². The molecule has 8 nitrogen and oxygen atoms in total. The maximum Gasteiger partial charge on any atom is 0.243 e. The zero-order valence-electron chi connectivity index (χ0n) is 14.4. The molecule has 3 rings (SSSR count). The number of para-hydroxylation sites is 1. The number of carbonyl (C=O) groups excluding carboxylic acids is 1. The number of benzene rings is 1. The predicted molar refractivity (Wildman–Crippen MR) is 98.1 cm³/mol. The molecule has 0 aliphatic carbocycles. The first-order valence-corrected chi connectivity index (χ1v) is 9.82. The average Bonchev–Trinajstić information content (AvgIpc) is 3.02. The molecule has 1 unspecified atom stereocenters. The number of aromatic nitrogens is 3. The summed E-state index contributed by atoms with van der Waals surface area (Å²) < 4.78 is 27.1. The number of amides is 1. The Bertz CT molecular complexity index is 1020. The molecule has 9 heteroatoms.